The summed E-state index contributed by atoms with van der Waals surface area (Å²) in [5.74, 6) is -1.30. The molecule has 0 atom stereocenters. The zero-order chi connectivity index (χ0) is 23.3. The summed E-state index contributed by atoms with van der Waals surface area (Å²) in [7, 11) is 0. The Bertz CT molecular complexity index is 1640. The number of carbonyl (C=O) groups excluding carboxylic acids is 1. The summed E-state index contributed by atoms with van der Waals surface area (Å²) in [6.45, 7) is 5.64. The summed E-state index contributed by atoms with van der Waals surface area (Å²) in [6, 6.07) is 9.89. The number of rotatable bonds is 3. The van der Waals surface area contributed by atoms with Gasteiger partial charge in [0.1, 0.15) is 5.82 Å². The van der Waals surface area contributed by atoms with Crippen LogP contribution < -0.4 is 10.9 Å². The molecule has 0 bridgehead atoms. The van der Waals surface area contributed by atoms with Gasteiger partial charge < -0.3 is 14.8 Å². The average Bonchev–Trinajstić information content (AvgIpc) is 3.15. The van der Waals surface area contributed by atoms with E-state index in [4.69, 9.17) is 4.52 Å². The lowest BCUT2D eigenvalue weighted by Gasteiger charge is -2.11. The van der Waals surface area contributed by atoms with Crippen LogP contribution in [0.2, 0.25) is 0 Å². The molecule has 0 aliphatic heterocycles. The van der Waals surface area contributed by atoms with Crippen molar-refractivity contribution in [3.63, 3.8) is 0 Å². The van der Waals surface area contributed by atoms with Crippen LogP contribution in [0.1, 0.15) is 27.2 Å². The molecule has 5 rings (SSSR count). The standard InChI is InChI=1S/C24H18FN5O3/c1-11-4-5-14(12(2)6-11)19-8-16(21-13(3)30-33-24(21)29-19)23(32)28-20-7-15-18(9-17(20)25)26-10-27-22(15)31/h4-10H,1-3H3,(H,28,32)(H,26,27,31). The number of aryl methyl sites for hydroxylation is 3. The number of anilines is 1. The van der Waals surface area contributed by atoms with Crippen molar-refractivity contribution in [3.8, 4) is 11.3 Å². The molecule has 0 unspecified atom stereocenters. The van der Waals surface area contributed by atoms with Crippen molar-refractivity contribution in [1.82, 2.24) is 20.1 Å². The van der Waals surface area contributed by atoms with Gasteiger partial charge in [-0.3, -0.25) is 9.59 Å². The molecule has 0 spiro atoms. The molecule has 5 aromatic rings. The fourth-order valence-electron chi connectivity index (χ4n) is 3.89. The minimum atomic E-state index is -0.712. The van der Waals surface area contributed by atoms with Crippen LogP contribution in [0.15, 0.2) is 52.0 Å². The van der Waals surface area contributed by atoms with E-state index in [1.807, 2.05) is 32.0 Å². The lowest BCUT2D eigenvalue weighted by atomic mass is 10.00. The Morgan fingerprint density at radius 3 is 2.73 bits per heavy atom. The van der Waals surface area contributed by atoms with Gasteiger partial charge in [0.15, 0.2) is 0 Å². The van der Waals surface area contributed by atoms with Crippen LogP contribution in [-0.4, -0.2) is 26.0 Å². The fourth-order valence-corrected chi connectivity index (χ4v) is 3.89. The number of amides is 1. The SMILES string of the molecule is Cc1ccc(-c2cc(C(=O)Nc3cc4c(=O)[nH]cnc4cc3F)c3c(C)noc3n2)c(C)c1. The lowest BCUT2D eigenvalue weighted by molar-refractivity contribution is 0.102. The van der Waals surface area contributed by atoms with E-state index in [9.17, 15) is 14.0 Å². The maximum absolute atomic E-state index is 14.7. The van der Waals surface area contributed by atoms with E-state index in [0.717, 1.165) is 22.8 Å². The number of pyridine rings is 1. The molecule has 0 radical (unpaired) electrons. The van der Waals surface area contributed by atoms with E-state index >= 15 is 0 Å². The molecule has 164 valence electrons. The normalized spacial score (nSPS) is 11.3. The number of carbonyl (C=O) groups is 1. The largest absolute Gasteiger partial charge is 0.335 e. The second-order valence-electron chi connectivity index (χ2n) is 7.86. The Balaban J connectivity index is 1.63. The van der Waals surface area contributed by atoms with Crippen molar-refractivity contribution in [3.05, 3.63) is 81.3 Å². The van der Waals surface area contributed by atoms with E-state index in [0.29, 0.717) is 16.8 Å². The first-order valence-electron chi connectivity index (χ1n) is 10.1. The molecular weight excluding hydrogens is 425 g/mol. The van der Waals surface area contributed by atoms with Gasteiger partial charge in [0, 0.05) is 11.6 Å². The first-order valence-corrected chi connectivity index (χ1v) is 10.1. The highest BCUT2D eigenvalue weighted by atomic mass is 19.1. The molecule has 33 heavy (non-hydrogen) atoms. The fraction of sp³-hybridized carbons (Fsp3) is 0.125. The number of aromatic amines is 1. The van der Waals surface area contributed by atoms with E-state index in [1.54, 1.807) is 13.0 Å². The van der Waals surface area contributed by atoms with Crippen molar-refractivity contribution < 1.29 is 13.7 Å². The molecule has 9 heteroatoms. The Labute approximate surface area is 186 Å². The van der Waals surface area contributed by atoms with Crippen molar-refractivity contribution >= 4 is 33.6 Å². The smallest absolute Gasteiger partial charge is 0.259 e. The molecule has 0 saturated heterocycles. The molecule has 3 heterocycles. The van der Waals surface area contributed by atoms with Crippen molar-refractivity contribution in [2.75, 3.05) is 5.32 Å². The third-order valence-corrected chi connectivity index (χ3v) is 5.50. The number of nitrogens with zero attached hydrogens (tertiary/aromatic N) is 3. The Hall–Kier alpha value is -4.40. The van der Waals surface area contributed by atoms with Crippen LogP contribution in [0, 0.1) is 26.6 Å². The van der Waals surface area contributed by atoms with Crippen LogP contribution in [-0.2, 0) is 0 Å². The summed E-state index contributed by atoms with van der Waals surface area (Å²) in [5, 5.41) is 7.10. The van der Waals surface area contributed by atoms with Gasteiger partial charge in [-0.1, -0.05) is 28.9 Å². The highest BCUT2D eigenvalue weighted by Gasteiger charge is 2.21. The van der Waals surface area contributed by atoms with Crippen molar-refractivity contribution in [2.45, 2.75) is 20.8 Å². The van der Waals surface area contributed by atoms with Gasteiger partial charge in [-0.25, -0.2) is 14.4 Å². The molecule has 1 amide bonds. The zero-order valence-corrected chi connectivity index (χ0v) is 18.0. The summed E-state index contributed by atoms with van der Waals surface area (Å²) >= 11 is 0. The molecule has 2 aromatic carbocycles. The number of hydrogen-bond donors (Lipinski definition) is 2. The Morgan fingerprint density at radius 2 is 1.94 bits per heavy atom. The molecule has 8 nitrogen and oxygen atoms in total. The first kappa shape index (κ1) is 20.5. The predicted octanol–water partition coefficient (Wildman–Crippen LogP) is 4.44. The van der Waals surface area contributed by atoms with Gasteiger partial charge in [0.2, 0.25) is 0 Å². The molecule has 0 fully saturated rings. The topological polar surface area (TPSA) is 114 Å². The van der Waals surface area contributed by atoms with Crippen LogP contribution in [0.4, 0.5) is 10.1 Å². The van der Waals surface area contributed by atoms with Gasteiger partial charge in [-0.2, -0.15) is 0 Å². The highest BCUT2D eigenvalue weighted by Crippen LogP contribution is 2.30. The molecule has 0 saturated carbocycles. The maximum atomic E-state index is 14.7. The highest BCUT2D eigenvalue weighted by molar-refractivity contribution is 6.13. The second kappa shape index (κ2) is 7.63. The van der Waals surface area contributed by atoms with E-state index in [2.05, 4.69) is 25.4 Å². The number of halogens is 1. The van der Waals surface area contributed by atoms with E-state index in [1.165, 1.54) is 12.4 Å². The molecular formula is C24H18FN5O3. The quantitative estimate of drug-likeness (QED) is 0.426. The summed E-state index contributed by atoms with van der Waals surface area (Å²) < 4.78 is 20.0. The van der Waals surface area contributed by atoms with E-state index < -0.39 is 17.3 Å². The van der Waals surface area contributed by atoms with Gasteiger partial charge in [0.25, 0.3) is 17.2 Å². The third kappa shape index (κ3) is 3.53. The molecule has 3 aromatic heterocycles. The van der Waals surface area contributed by atoms with Crippen LogP contribution >= 0.6 is 0 Å². The minimum absolute atomic E-state index is 0.141. The number of H-pyrrole nitrogens is 1. The molecule has 2 N–H and O–H groups in total. The maximum Gasteiger partial charge on any atom is 0.259 e. The predicted molar refractivity (Wildman–Crippen MR) is 122 cm³/mol. The Kier molecular flexibility index (Phi) is 4.74. The number of aromatic nitrogens is 4. The van der Waals surface area contributed by atoms with Crippen molar-refractivity contribution in [1.29, 1.82) is 0 Å². The van der Waals surface area contributed by atoms with E-state index in [-0.39, 0.29) is 27.9 Å². The number of fused-ring (bicyclic) bond motifs is 2. The van der Waals surface area contributed by atoms with Crippen LogP contribution in [0.25, 0.3) is 33.3 Å². The van der Waals surface area contributed by atoms with Crippen LogP contribution in [0.3, 0.4) is 0 Å². The number of nitrogens with one attached hydrogen (secondary N) is 2. The lowest BCUT2D eigenvalue weighted by Crippen LogP contribution is -2.15. The Morgan fingerprint density at radius 1 is 1.12 bits per heavy atom. The van der Waals surface area contributed by atoms with Gasteiger partial charge >= 0.3 is 0 Å². The van der Waals surface area contributed by atoms with Gasteiger partial charge in [-0.05, 0) is 38.5 Å². The average molecular weight is 443 g/mol. The third-order valence-electron chi connectivity index (χ3n) is 5.50. The monoisotopic (exact) mass is 443 g/mol. The summed E-state index contributed by atoms with van der Waals surface area (Å²) in [5.41, 5.74) is 3.97. The van der Waals surface area contributed by atoms with Crippen molar-refractivity contribution in [2.24, 2.45) is 0 Å². The van der Waals surface area contributed by atoms with Gasteiger partial charge in [0.05, 0.1) is 45.3 Å². The summed E-state index contributed by atoms with van der Waals surface area (Å²) in [4.78, 5) is 36.3. The first-order chi connectivity index (χ1) is 15.8. The number of hydrogen-bond acceptors (Lipinski definition) is 6. The number of benzene rings is 2. The van der Waals surface area contributed by atoms with Crippen LogP contribution in [0.5, 0.6) is 0 Å². The second-order valence-corrected chi connectivity index (χ2v) is 7.86. The molecule has 0 aliphatic rings. The summed E-state index contributed by atoms with van der Waals surface area (Å²) in [6.07, 6.45) is 1.19. The molecule has 0 aliphatic carbocycles. The minimum Gasteiger partial charge on any atom is -0.335 e. The zero-order valence-electron chi connectivity index (χ0n) is 18.0. The van der Waals surface area contributed by atoms with Gasteiger partial charge in [-0.15, -0.1) is 0 Å².